The largest absolute Gasteiger partial charge is 0.351 e. The van der Waals surface area contributed by atoms with Crippen LogP contribution in [0, 0.1) is 6.92 Å². The van der Waals surface area contributed by atoms with E-state index in [1.54, 1.807) is 0 Å². The second-order valence-corrected chi connectivity index (χ2v) is 8.55. The summed E-state index contributed by atoms with van der Waals surface area (Å²) in [6.45, 7) is 2.11. The maximum atomic E-state index is 5.80. The molecule has 2 fully saturated rings. The van der Waals surface area contributed by atoms with Gasteiger partial charge in [-0.2, -0.15) is 0 Å². The lowest BCUT2D eigenvalue weighted by Crippen LogP contribution is -2.29. The Morgan fingerprint density at radius 1 is 1.03 bits per heavy atom. The molecule has 2 aliphatic rings. The highest BCUT2D eigenvalue weighted by Gasteiger charge is 2.41. The Balaban J connectivity index is 1.56. The molecule has 29 heavy (non-hydrogen) atoms. The van der Waals surface area contributed by atoms with Crippen LogP contribution in [0.4, 0.5) is 5.69 Å². The minimum Gasteiger partial charge on any atom is -0.351 e. The molecule has 1 aliphatic carbocycles. The predicted molar refractivity (Wildman–Crippen MR) is 121 cm³/mol. The molecule has 0 bridgehead atoms. The van der Waals surface area contributed by atoms with Crippen molar-refractivity contribution in [2.75, 3.05) is 4.90 Å². The average Bonchev–Trinajstić information content (AvgIpc) is 3.49. The van der Waals surface area contributed by atoms with Crippen molar-refractivity contribution < 1.29 is 0 Å². The van der Waals surface area contributed by atoms with Gasteiger partial charge in [0.2, 0.25) is 0 Å². The van der Waals surface area contributed by atoms with Crippen molar-refractivity contribution in [2.45, 2.75) is 50.7 Å². The molecule has 1 saturated carbocycles. The fraction of sp³-hybridized carbons (Fsp3) is 0.333. The van der Waals surface area contributed by atoms with E-state index < -0.39 is 0 Å². The Bertz CT molecular complexity index is 989. The van der Waals surface area contributed by atoms with Gasteiger partial charge in [-0.15, -0.1) is 0 Å². The Morgan fingerprint density at radius 2 is 1.83 bits per heavy atom. The number of hydrogen-bond donors (Lipinski definition) is 1. The number of hydrogen-bond acceptors (Lipinski definition) is 2. The van der Waals surface area contributed by atoms with Gasteiger partial charge in [-0.3, -0.25) is 4.98 Å². The first-order valence-electron chi connectivity index (χ1n) is 10.5. The van der Waals surface area contributed by atoms with E-state index in [0.717, 1.165) is 16.5 Å². The monoisotopic (exact) mass is 402 g/mol. The first kappa shape index (κ1) is 18.4. The van der Waals surface area contributed by atoms with Gasteiger partial charge in [0.25, 0.3) is 0 Å². The number of nitrogens with zero attached hydrogens (tertiary/aromatic N) is 3. The lowest BCUT2D eigenvalue weighted by molar-refractivity contribution is 0.515. The molecule has 0 unspecified atom stereocenters. The standard InChI is InChI=1S/C24H26N4S/c1-17-9-11-20(12-10-17)28-23(18-13-15-27(16-18)19-6-2-3-7-19)22(26-24(28)29)21-8-4-5-14-25-21/h4-5,8-16,19,22-23H,2-3,6-7H2,1H3,(H,26,29)/t22-,23+/m1/s1. The van der Waals surface area contributed by atoms with Crippen molar-refractivity contribution in [1.82, 2.24) is 14.9 Å². The van der Waals surface area contributed by atoms with Crippen LogP contribution in [-0.2, 0) is 0 Å². The molecule has 3 heterocycles. The molecule has 148 valence electrons. The Morgan fingerprint density at radius 3 is 2.55 bits per heavy atom. The van der Waals surface area contributed by atoms with Crippen LogP contribution >= 0.6 is 12.2 Å². The molecule has 2 atom stereocenters. The molecule has 2 aromatic heterocycles. The predicted octanol–water partition coefficient (Wildman–Crippen LogP) is 5.48. The van der Waals surface area contributed by atoms with E-state index in [4.69, 9.17) is 12.2 Å². The van der Waals surface area contributed by atoms with Crippen LogP contribution in [0.3, 0.4) is 0 Å². The van der Waals surface area contributed by atoms with Gasteiger partial charge >= 0.3 is 0 Å². The summed E-state index contributed by atoms with van der Waals surface area (Å²) in [7, 11) is 0. The third-order valence-electron chi connectivity index (χ3n) is 6.24. The maximum Gasteiger partial charge on any atom is 0.174 e. The zero-order valence-electron chi connectivity index (χ0n) is 16.7. The third-order valence-corrected chi connectivity index (χ3v) is 6.55. The van der Waals surface area contributed by atoms with Crippen LogP contribution in [0.5, 0.6) is 0 Å². The minimum absolute atomic E-state index is 0.0180. The minimum atomic E-state index is 0.0180. The van der Waals surface area contributed by atoms with Gasteiger partial charge in [0, 0.05) is 30.3 Å². The SMILES string of the molecule is Cc1ccc(N2C(=S)N[C@H](c3ccccn3)[C@@H]2c2ccn(C3CCCC3)c2)cc1. The molecule has 1 aromatic carbocycles. The number of thiocarbonyl (C=S) groups is 1. The summed E-state index contributed by atoms with van der Waals surface area (Å²) in [6.07, 6.45) is 11.7. The van der Waals surface area contributed by atoms with E-state index in [9.17, 15) is 0 Å². The number of benzene rings is 1. The van der Waals surface area contributed by atoms with Crippen LogP contribution < -0.4 is 10.2 Å². The number of aromatic nitrogens is 2. The molecule has 1 aliphatic heterocycles. The van der Waals surface area contributed by atoms with Gasteiger partial charge in [0.15, 0.2) is 5.11 Å². The highest BCUT2D eigenvalue weighted by molar-refractivity contribution is 7.80. The summed E-state index contributed by atoms with van der Waals surface area (Å²) < 4.78 is 2.41. The summed E-state index contributed by atoms with van der Waals surface area (Å²) in [5.74, 6) is 0. The van der Waals surface area contributed by atoms with E-state index in [0.29, 0.717) is 6.04 Å². The van der Waals surface area contributed by atoms with Crippen LogP contribution in [0.25, 0.3) is 0 Å². The van der Waals surface area contributed by atoms with Crippen molar-refractivity contribution in [3.8, 4) is 0 Å². The first-order chi connectivity index (χ1) is 14.2. The molecule has 5 heteroatoms. The molecule has 5 rings (SSSR count). The summed E-state index contributed by atoms with van der Waals surface area (Å²) >= 11 is 5.80. The Hall–Kier alpha value is -2.66. The molecular formula is C24H26N4S. The first-order valence-corrected chi connectivity index (χ1v) is 10.9. The molecule has 1 N–H and O–H groups in total. The van der Waals surface area contributed by atoms with Gasteiger partial charge in [-0.1, -0.05) is 36.6 Å². The molecule has 0 spiro atoms. The van der Waals surface area contributed by atoms with Crippen molar-refractivity contribution in [2.24, 2.45) is 0 Å². The average molecular weight is 403 g/mol. The lowest BCUT2D eigenvalue weighted by Gasteiger charge is -2.27. The Labute approximate surface area is 177 Å². The van der Waals surface area contributed by atoms with Crippen molar-refractivity contribution >= 4 is 23.0 Å². The quantitative estimate of drug-likeness (QED) is 0.586. The number of pyridine rings is 1. The lowest BCUT2D eigenvalue weighted by atomic mass is 9.98. The fourth-order valence-electron chi connectivity index (χ4n) is 4.71. The second kappa shape index (κ2) is 7.64. The number of rotatable bonds is 4. The summed E-state index contributed by atoms with van der Waals surface area (Å²) in [5.41, 5.74) is 4.66. The van der Waals surface area contributed by atoms with Gasteiger partial charge in [0.05, 0.1) is 17.8 Å². The van der Waals surface area contributed by atoms with Gasteiger partial charge in [-0.25, -0.2) is 0 Å². The van der Waals surface area contributed by atoms with Gasteiger partial charge in [0.1, 0.15) is 0 Å². The van der Waals surface area contributed by atoms with E-state index in [1.165, 1.54) is 36.8 Å². The van der Waals surface area contributed by atoms with E-state index in [2.05, 4.69) is 75.5 Å². The van der Waals surface area contributed by atoms with Crippen molar-refractivity contribution in [3.63, 3.8) is 0 Å². The molecule has 0 amide bonds. The van der Waals surface area contributed by atoms with Crippen LogP contribution in [0.1, 0.15) is 60.6 Å². The van der Waals surface area contributed by atoms with Crippen LogP contribution in [-0.4, -0.2) is 14.7 Å². The molecular weight excluding hydrogens is 376 g/mol. The molecule has 1 saturated heterocycles. The van der Waals surface area contributed by atoms with Gasteiger partial charge in [-0.05, 0) is 67.9 Å². The molecule has 4 nitrogen and oxygen atoms in total. The second-order valence-electron chi connectivity index (χ2n) is 8.16. The summed E-state index contributed by atoms with van der Waals surface area (Å²) in [6, 6.07) is 17.7. The molecule has 0 radical (unpaired) electrons. The smallest absolute Gasteiger partial charge is 0.174 e. The van der Waals surface area contributed by atoms with Crippen molar-refractivity contribution in [1.29, 1.82) is 0 Å². The highest BCUT2D eigenvalue weighted by Crippen LogP contribution is 2.42. The zero-order valence-corrected chi connectivity index (χ0v) is 17.5. The van der Waals surface area contributed by atoms with E-state index in [-0.39, 0.29) is 12.1 Å². The number of anilines is 1. The number of nitrogens with one attached hydrogen (secondary N) is 1. The zero-order chi connectivity index (χ0) is 19.8. The van der Waals surface area contributed by atoms with E-state index >= 15 is 0 Å². The summed E-state index contributed by atoms with van der Waals surface area (Å²) in [5, 5.41) is 4.30. The van der Waals surface area contributed by atoms with Crippen molar-refractivity contribution in [3.05, 3.63) is 83.9 Å². The van der Waals surface area contributed by atoms with Gasteiger partial charge < -0.3 is 14.8 Å². The normalized spacial score (nSPS) is 22.2. The van der Waals surface area contributed by atoms with E-state index in [1.807, 2.05) is 18.3 Å². The molecule has 3 aromatic rings. The summed E-state index contributed by atoms with van der Waals surface area (Å²) in [4.78, 5) is 6.89. The topological polar surface area (TPSA) is 33.1 Å². The Kier molecular flexibility index (Phi) is 4.84. The fourth-order valence-corrected chi connectivity index (χ4v) is 5.06. The number of aryl methyl sites for hydroxylation is 1. The van der Waals surface area contributed by atoms with Crippen LogP contribution in [0.2, 0.25) is 0 Å². The van der Waals surface area contributed by atoms with Crippen LogP contribution in [0.15, 0.2) is 67.1 Å². The third kappa shape index (κ3) is 3.44. The highest BCUT2D eigenvalue weighted by atomic mass is 32.1. The maximum absolute atomic E-state index is 5.80.